The number of carboxylic acid groups (broad SMARTS) is 2. The SMILES string of the molecule is C=C(C)C(=O)O.C=C(C)C(=O)O.Cc1ccccc1C. The number of aryl methyl sites for hydroxylation is 2. The highest BCUT2D eigenvalue weighted by Crippen LogP contribution is 2.02. The number of hydrogen-bond acceptors (Lipinski definition) is 2. The number of hydrogen-bond donors (Lipinski definition) is 2. The summed E-state index contributed by atoms with van der Waals surface area (Å²) in [6, 6.07) is 8.36. The molecule has 0 aliphatic rings. The van der Waals surface area contributed by atoms with Crippen LogP contribution in [0.25, 0.3) is 0 Å². The summed E-state index contributed by atoms with van der Waals surface area (Å²) in [6.45, 7) is 13.4. The third-order valence-corrected chi connectivity index (χ3v) is 2.16. The van der Waals surface area contributed by atoms with Crippen LogP contribution in [-0.4, -0.2) is 22.2 Å². The Morgan fingerprint density at radius 3 is 1.15 bits per heavy atom. The molecule has 2 N–H and O–H groups in total. The van der Waals surface area contributed by atoms with Crippen molar-refractivity contribution in [3.05, 3.63) is 59.7 Å². The van der Waals surface area contributed by atoms with Crippen LogP contribution in [-0.2, 0) is 9.59 Å². The van der Waals surface area contributed by atoms with Crippen molar-refractivity contribution in [2.75, 3.05) is 0 Å². The van der Waals surface area contributed by atoms with Gasteiger partial charge in [-0.2, -0.15) is 0 Å². The van der Waals surface area contributed by atoms with Gasteiger partial charge in [-0.3, -0.25) is 0 Å². The minimum Gasteiger partial charge on any atom is -0.478 e. The van der Waals surface area contributed by atoms with E-state index in [0.717, 1.165) is 0 Å². The maximum Gasteiger partial charge on any atom is 0.330 e. The molecular weight excluding hydrogens is 256 g/mol. The van der Waals surface area contributed by atoms with Crippen LogP contribution < -0.4 is 0 Å². The van der Waals surface area contributed by atoms with Crippen LogP contribution >= 0.6 is 0 Å². The first-order valence-electron chi connectivity index (χ1n) is 5.89. The van der Waals surface area contributed by atoms with Gasteiger partial charge < -0.3 is 10.2 Å². The third kappa shape index (κ3) is 12.1. The Bertz CT molecular complexity index is 418. The molecule has 0 atom stereocenters. The molecular formula is C16H22O4. The first-order valence-corrected chi connectivity index (χ1v) is 5.89. The van der Waals surface area contributed by atoms with Gasteiger partial charge in [-0.05, 0) is 38.8 Å². The Labute approximate surface area is 120 Å². The van der Waals surface area contributed by atoms with E-state index < -0.39 is 11.9 Å². The lowest BCUT2D eigenvalue weighted by Gasteiger charge is -1.93. The number of carbonyl (C=O) groups is 2. The molecule has 0 fully saturated rings. The van der Waals surface area contributed by atoms with Crippen molar-refractivity contribution in [2.45, 2.75) is 27.7 Å². The highest BCUT2D eigenvalue weighted by molar-refractivity contribution is 5.85. The summed E-state index contributed by atoms with van der Waals surface area (Å²) in [7, 11) is 0. The van der Waals surface area contributed by atoms with E-state index in [1.54, 1.807) is 0 Å². The smallest absolute Gasteiger partial charge is 0.330 e. The molecule has 0 aliphatic carbocycles. The van der Waals surface area contributed by atoms with Crippen LogP contribution in [0.1, 0.15) is 25.0 Å². The monoisotopic (exact) mass is 278 g/mol. The second-order valence-corrected chi connectivity index (χ2v) is 4.26. The van der Waals surface area contributed by atoms with E-state index in [0.29, 0.717) is 0 Å². The number of benzene rings is 1. The largest absolute Gasteiger partial charge is 0.478 e. The molecule has 1 aromatic carbocycles. The molecule has 0 amide bonds. The number of carboxylic acids is 2. The van der Waals surface area contributed by atoms with E-state index in [9.17, 15) is 9.59 Å². The zero-order valence-corrected chi connectivity index (χ0v) is 12.4. The molecule has 0 saturated carbocycles. The van der Waals surface area contributed by atoms with Crippen molar-refractivity contribution < 1.29 is 19.8 Å². The van der Waals surface area contributed by atoms with E-state index in [2.05, 4.69) is 51.3 Å². The van der Waals surface area contributed by atoms with Gasteiger partial charge >= 0.3 is 11.9 Å². The van der Waals surface area contributed by atoms with Crippen LogP contribution in [0.5, 0.6) is 0 Å². The summed E-state index contributed by atoms with van der Waals surface area (Å²) in [5, 5.41) is 15.8. The van der Waals surface area contributed by atoms with Gasteiger partial charge in [0.15, 0.2) is 0 Å². The van der Waals surface area contributed by atoms with Gasteiger partial charge in [0, 0.05) is 11.1 Å². The fraction of sp³-hybridized carbons (Fsp3) is 0.250. The fourth-order valence-corrected chi connectivity index (χ4v) is 0.663. The van der Waals surface area contributed by atoms with Gasteiger partial charge in [-0.1, -0.05) is 37.4 Å². The van der Waals surface area contributed by atoms with E-state index in [1.165, 1.54) is 25.0 Å². The first kappa shape index (κ1) is 20.0. The van der Waals surface area contributed by atoms with Crippen molar-refractivity contribution in [3.63, 3.8) is 0 Å². The van der Waals surface area contributed by atoms with Crippen molar-refractivity contribution in [3.8, 4) is 0 Å². The summed E-state index contributed by atoms with van der Waals surface area (Å²) in [5.41, 5.74) is 3.09. The Morgan fingerprint density at radius 2 is 1.05 bits per heavy atom. The van der Waals surface area contributed by atoms with Crippen LogP contribution in [0.3, 0.4) is 0 Å². The van der Waals surface area contributed by atoms with Gasteiger partial charge in [0.2, 0.25) is 0 Å². The van der Waals surface area contributed by atoms with Gasteiger partial charge in [-0.25, -0.2) is 9.59 Å². The van der Waals surface area contributed by atoms with E-state index in [1.807, 2.05) is 0 Å². The summed E-state index contributed by atoms with van der Waals surface area (Å²) < 4.78 is 0. The lowest BCUT2D eigenvalue weighted by Crippen LogP contribution is -1.92. The fourth-order valence-electron chi connectivity index (χ4n) is 0.663. The third-order valence-electron chi connectivity index (χ3n) is 2.16. The summed E-state index contributed by atoms with van der Waals surface area (Å²) >= 11 is 0. The van der Waals surface area contributed by atoms with E-state index in [-0.39, 0.29) is 11.1 Å². The lowest BCUT2D eigenvalue weighted by atomic mass is 10.1. The zero-order chi connectivity index (χ0) is 16.3. The molecule has 0 radical (unpaired) electrons. The van der Waals surface area contributed by atoms with Crippen molar-refractivity contribution in [2.24, 2.45) is 0 Å². The second-order valence-electron chi connectivity index (χ2n) is 4.26. The van der Waals surface area contributed by atoms with E-state index >= 15 is 0 Å². The van der Waals surface area contributed by atoms with Crippen molar-refractivity contribution in [1.82, 2.24) is 0 Å². The molecule has 20 heavy (non-hydrogen) atoms. The number of rotatable bonds is 2. The standard InChI is InChI=1S/C8H10.2C4H6O2/c1-7-5-3-4-6-8(7)2;2*1-3(2)4(5)6/h3-6H,1-2H3;2*1H2,2H3,(H,5,6). The molecule has 0 saturated heterocycles. The highest BCUT2D eigenvalue weighted by atomic mass is 16.4. The predicted octanol–water partition coefficient (Wildman–Crippen LogP) is 3.60. The molecule has 110 valence electrons. The van der Waals surface area contributed by atoms with Crippen LogP contribution in [0, 0.1) is 13.8 Å². The van der Waals surface area contributed by atoms with Gasteiger partial charge in [0.25, 0.3) is 0 Å². The molecule has 0 bridgehead atoms. The summed E-state index contributed by atoms with van der Waals surface area (Å²) in [6.07, 6.45) is 0. The molecule has 0 spiro atoms. The lowest BCUT2D eigenvalue weighted by molar-refractivity contribution is -0.133. The van der Waals surface area contributed by atoms with Gasteiger partial charge in [0.1, 0.15) is 0 Å². The van der Waals surface area contributed by atoms with E-state index in [4.69, 9.17) is 10.2 Å². The van der Waals surface area contributed by atoms with Gasteiger partial charge in [0.05, 0.1) is 0 Å². The first-order chi connectivity index (χ1) is 9.09. The average Bonchev–Trinajstić information content (AvgIpc) is 2.34. The maximum atomic E-state index is 9.60. The molecule has 0 aliphatic heterocycles. The molecule has 1 rings (SSSR count). The normalized spacial score (nSPS) is 8.20. The Hall–Kier alpha value is -2.36. The van der Waals surface area contributed by atoms with Crippen LogP contribution in [0.15, 0.2) is 48.6 Å². The zero-order valence-electron chi connectivity index (χ0n) is 12.4. The molecule has 4 heteroatoms. The highest BCUT2D eigenvalue weighted by Gasteiger charge is 1.90. The maximum absolute atomic E-state index is 9.60. The topological polar surface area (TPSA) is 74.6 Å². The van der Waals surface area contributed by atoms with Crippen molar-refractivity contribution >= 4 is 11.9 Å². The second kappa shape index (κ2) is 10.6. The van der Waals surface area contributed by atoms with Crippen LogP contribution in [0.2, 0.25) is 0 Å². The minimum absolute atomic E-state index is 0.176. The Morgan fingerprint density at radius 1 is 0.850 bits per heavy atom. The Kier molecular flexibility index (Phi) is 10.5. The van der Waals surface area contributed by atoms with Gasteiger partial charge in [-0.15, -0.1) is 0 Å². The average molecular weight is 278 g/mol. The number of aliphatic carboxylic acids is 2. The predicted molar refractivity (Wildman–Crippen MR) is 80.8 cm³/mol. The minimum atomic E-state index is -0.935. The molecule has 0 heterocycles. The van der Waals surface area contributed by atoms with Crippen LogP contribution in [0.4, 0.5) is 0 Å². The summed E-state index contributed by atoms with van der Waals surface area (Å²) in [4.78, 5) is 19.2. The molecule has 0 aromatic heterocycles. The molecule has 4 nitrogen and oxygen atoms in total. The molecule has 0 unspecified atom stereocenters. The quantitative estimate of drug-likeness (QED) is 0.810. The summed E-state index contributed by atoms with van der Waals surface area (Å²) in [5.74, 6) is -1.87. The van der Waals surface area contributed by atoms with Crippen molar-refractivity contribution in [1.29, 1.82) is 0 Å². The molecule has 1 aromatic rings. The Balaban J connectivity index is 0.